The number of hydrogen-bond acceptors (Lipinski definition) is 5. The topological polar surface area (TPSA) is 72.8 Å². The molecule has 0 saturated carbocycles. The fraction of sp³-hybridized carbons (Fsp3) is 0.600. The Morgan fingerprint density at radius 2 is 1.67 bits per heavy atom. The third kappa shape index (κ3) is 6.98. The molecule has 1 aromatic rings. The van der Waals surface area contributed by atoms with E-state index in [-0.39, 0.29) is 17.5 Å². The maximum Gasteiger partial charge on any atom is 0.334 e. The van der Waals surface area contributed by atoms with Crippen LogP contribution < -0.4 is 0 Å². The molecular weight excluding hydrogens is 380 g/mol. The highest BCUT2D eigenvalue weighted by atomic mass is 16.6. The molecule has 0 aliphatic carbocycles. The number of esters is 1. The van der Waals surface area contributed by atoms with Gasteiger partial charge in [-0.1, -0.05) is 38.1 Å². The van der Waals surface area contributed by atoms with Gasteiger partial charge in [0.25, 0.3) is 0 Å². The Morgan fingerprint density at radius 3 is 2.17 bits per heavy atom. The fourth-order valence-electron chi connectivity index (χ4n) is 3.58. The Balaban J connectivity index is 2.98. The summed E-state index contributed by atoms with van der Waals surface area (Å²) in [5.74, 6) is -1.28. The van der Waals surface area contributed by atoms with Crippen molar-refractivity contribution in [3.05, 3.63) is 47.2 Å². The van der Waals surface area contributed by atoms with Crippen LogP contribution in [-0.2, 0) is 25.5 Å². The highest BCUT2D eigenvalue weighted by Crippen LogP contribution is 2.34. The Bertz CT molecular complexity index is 770. The summed E-state index contributed by atoms with van der Waals surface area (Å²) in [5, 5.41) is 10.9. The summed E-state index contributed by atoms with van der Waals surface area (Å²) in [6.45, 7) is 14.4. The van der Waals surface area contributed by atoms with Gasteiger partial charge in [-0.15, -0.1) is 0 Å². The van der Waals surface area contributed by atoms with E-state index in [1.54, 1.807) is 41.5 Å². The van der Waals surface area contributed by atoms with Crippen molar-refractivity contribution in [3.63, 3.8) is 0 Å². The van der Waals surface area contributed by atoms with E-state index in [2.05, 4.69) is 0 Å². The second kappa shape index (κ2) is 10.3. The van der Waals surface area contributed by atoms with Crippen molar-refractivity contribution in [2.45, 2.75) is 73.5 Å². The van der Waals surface area contributed by atoms with Crippen molar-refractivity contribution in [3.8, 4) is 0 Å². The van der Waals surface area contributed by atoms with Gasteiger partial charge in [0.2, 0.25) is 0 Å². The van der Waals surface area contributed by atoms with Gasteiger partial charge in [0.15, 0.2) is 5.78 Å². The molecule has 30 heavy (non-hydrogen) atoms. The average Bonchev–Trinajstić information content (AvgIpc) is 2.64. The molecule has 0 spiro atoms. The van der Waals surface area contributed by atoms with Crippen LogP contribution in [0.25, 0.3) is 0 Å². The highest BCUT2D eigenvalue weighted by Gasteiger charge is 2.40. The average molecular weight is 419 g/mol. The molecule has 0 heterocycles. The van der Waals surface area contributed by atoms with E-state index in [4.69, 9.17) is 9.47 Å². The lowest BCUT2D eigenvalue weighted by Crippen LogP contribution is -2.40. The van der Waals surface area contributed by atoms with Gasteiger partial charge in [0, 0.05) is 5.92 Å². The number of aliphatic hydroxyl groups is 1. The maximum absolute atomic E-state index is 13.3. The molecule has 1 N–H and O–H groups in total. The number of aliphatic hydroxyl groups excluding tert-OH is 1. The summed E-state index contributed by atoms with van der Waals surface area (Å²) < 4.78 is 10.7. The van der Waals surface area contributed by atoms with E-state index in [9.17, 15) is 14.7 Å². The molecule has 5 heteroatoms. The van der Waals surface area contributed by atoms with Crippen molar-refractivity contribution in [2.24, 2.45) is 17.3 Å². The van der Waals surface area contributed by atoms with Crippen molar-refractivity contribution in [1.29, 1.82) is 0 Å². The van der Waals surface area contributed by atoms with Crippen LogP contribution >= 0.6 is 0 Å². The minimum absolute atomic E-state index is 0.110. The minimum atomic E-state index is -1.09. The summed E-state index contributed by atoms with van der Waals surface area (Å²) in [5.41, 5.74) is 0.590. The van der Waals surface area contributed by atoms with Crippen LogP contribution in [0, 0.1) is 24.2 Å². The number of methoxy groups -OCH3 is 1. The number of aryl methyl sites for hydroxylation is 1. The van der Waals surface area contributed by atoms with Crippen molar-refractivity contribution < 1.29 is 24.2 Å². The molecule has 0 amide bonds. The third-order valence-corrected chi connectivity index (χ3v) is 5.42. The van der Waals surface area contributed by atoms with Gasteiger partial charge in [0.05, 0.1) is 24.7 Å². The zero-order valence-corrected chi connectivity index (χ0v) is 19.9. The monoisotopic (exact) mass is 418 g/mol. The summed E-state index contributed by atoms with van der Waals surface area (Å²) in [6.07, 6.45) is 1.08. The Hall–Kier alpha value is -2.14. The quantitative estimate of drug-likeness (QED) is 0.359. The van der Waals surface area contributed by atoms with Gasteiger partial charge in [-0.2, -0.15) is 0 Å². The first-order chi connectivity index (χ1) is 13.7. The molecule has 1 aromatic carbocycles. The number of ketones is 1. The van der Waals surface area contributed by atoms with E-state index >= 15 is 0 Å². The highest BCUT2D eigenvalue weighted by molar-refractivity contribution is 5.91. The first-order valence-electron chi connectivity index (χ1n) is 10.5. The first kappa shape index (κ1) is 25.9. The van der Waals surface area contributed by atoms with Gasteiger partial charge >= 0.3 is 5.97 Å². The second-order valence-electron chi connectivity index (χ2n) is 9.62. The zero-order valence-electron chi connectivity index (χ0n) is 19.9. The predicted octanol–water partition coefficient (Wildman–Crippen LogP) is 4.64. The lowest BCUT2D eigenvalue weighted by atomic mass is 9.75. The lowest BCUT2D eigenvalue weighted by Gasteiger charge is -2.32. The SMILES string of the molecule is CO/C(=C\C(=O)OC(C)(C)C)C(C)(C)C(=O)[C@H](C)[C@@H](O)[C@H](C)Cc1ccccc1C. The largest absolute Gasteiger partial charge is 0.500 e. The molecule has 0 fully saturated rings. The molecule has 1 rings (SSSR count). The smallest absolute Gasteiger partial charge is 0.334 e. The van der Waals surface area contributed by atoms with Gasteiger partial charge in [-0.05, 0) is 65.0 Å². The number of allylic oxidation sites excluding steroid dienone is 1. The number of carbonyl (C=O) groups is 2. The normalized spacial score (nSPS) is 15.9. The summed E-state index contributed by atoms with van der Waals surface area (Å²) >= 11 is 0. The maximum atomic E-state index is 13.3. The summed E-state index contributed by atoms with van der Waals surface area (Å²) in [6, 6.07) is 8.05. The molecule has 0 aliphatic heterocycles. The molecule has 0 aliphatic rings. The van der Waals surface area contributed by atoms with Crippen LogP contribution in [0.1, 0.15) is 59.6 Å². The molecule has 0 aromatic heterocycles. The van der Waals surface area contributed by atoms with Gasteiger partial charge < -0.3 is 14.6 Å². The van der Waals surface area contributed by atoms with Gasteiger partial charge in [-0.25, -0.2) is 4.79 Å². The van der Waals surface area contributed by atoms with Crippen LogP contribution in [0.15, 0.2) is 36.1 Å². The molecule has 168 valence electrons. The summed E-state index contributed by atoms with van der Waals surface area (Å²) in [4.78, 5) is 25.5. The van der Waals surface area contributed by atoms with Crippen LogP contribution in [-0.4, -0.2) is 35.7 Å². The first-order valence-corrected chi connectivity index (χ1v) is 10.5. The molecule has 0 unspecified atom stereocenters. The van der Waals surface area contributed by atoms with Crippen LogP contribution in [0.4, 0.5) is 0 Å². The number of carbonyl (C=O) groups excluding carboxylic acids is 2. The van der Waals surface area contributed by atoms with E-state index in [1.165, 1.54) is 13.2 Å². The van der Waals surface area contributed by atoms with E-state index in [1.807, 2.05) is 38.1 Å². The number of Topliss-reactive ketones (excluding diaryl/α,β-unsaturated/α-hetero) is 1. The third-order valence-electron chi connectivity index (χ3n) is 5.42. The van der Waals surface area contributed by atoms with Crippen molar-refractivity contribution in [1.82, 2.24) is 0 Å². The number of ether oxygens (including phenoxy) is 2. The fourth-order valence-corrected chi connectivity index (χ4v) is 3.58. The van der Waals surface area contributed by atoms with E-state index in [0.29, 0.717) is 6.42 Å². The molecule has 0 radical (unpaired) electrons. The van der Waals surface area contributed by atoms with Crippen LogP contribution in [0.3, 0.4) is 0 Å². The molecular formula is C25H38O5. The van der Waals surface area contributed by atoms with E-state index in [0.717, 1.165) is 11.1 Å². The zero-order chi connectivity index (χ0) is 23.3. The molecule has 0 saturated heterocycles. The Kier molecular flexibility index (Phi) is 8.85. The van der Waals surface area contributed by atoms with Crippen molar-refractivity contribution in [2.75, 3.05) is 7.11 Å². The number of hydrogen-bond donors (Lipinski definition) is 1. The van der Waals surface area contributed by atoms with Crippen LogP contribution in [0.5, 0.6) is 0 Å². The molecule has 5 nitrogen and oxygen atoms in total. The Labute approximate surface area is 181 Å². The lowest BCUT2D eigenvalue weighted by molar-refractivity contribution is -0.148. The number of rotatable bonds is 9. The molecule has 0 bridgehead atoms. The molecule has 3 atom stereocenters. The second-order valence-corrected chi connectivity index (χ2v) is 9.62. The minimum Gasteiger partial charge on any atom is -0.500 e. The van der Waals surface area contributed by atoms with Crippen LogP contribution in [0.2, 0.25) is 0 Å². The summed E-state index contributed by atoms with van der Waals surface area (Å²) in [7, 11) is 1.42. The predicted molar refractivity (Wildman–Crippen MR) is 119 cm³/mol. The standard InChI is InChI=1S/C25H38O5/c1-16-12-10-11-13-19(16)14-17(2)22(27)18(3)23(28)25(7,8)20(29-9)15-21(26)30-24(4,5)6/h10-13,15,17-18,22,27H,14H2,1-9H3/b20-15-/t17-,18-,22+/m1/s1. The Morgan fingerprint density at radius 1 is 1.10 bits per heavy atom. The van der Waals surface area contributed by atoms with Crippen molar-refractivity contribution >= 4 is 11.8 Å². The van der Waals surface area contributed by atoms with Gasteiger partial charge in [-0.3, -0.25) is 4.79 Å². The van der Waals surface area contributed by atoms with E-state index < -0.39 is 29.0 Å². The number of benzene rings is 1. The van der Waals surface area contributed by atoms with Gasteiger partial charge in [0.1, 0.15) is 11.4 Å².